The number of nitrogens with one attached hydrogen (secondary N) is 1. The third kappa shape index (κ3) is 1.87. The Morgan fingerprint density at radius 2 is 1.62 bits per heavy atom. The molecule has 2 atom stereocenters. The molecule has 0 aromatic heterocycles. The predicted molar refractivity (Wildman–Crippen MR) is 52.2 cm³/mol. The zero-order valence-corrected chi connectivity index (χ0v) is 8.55. The van der Waals surface area contributed by atoms with Crippen LogP contribution in [0.2, 0.25) is 0 Å². The first-order chi connectivity index (χ1) is 6.18. The van der Waals surface area contributed by atoms with E-state index >= 15 is 0 Å². The molecule has 2 saturated carbocycles. The summed E-state index contributed by atoms with van der Waals surface area (Å²) in [6.07, 6.45) is 4.77. The van der Waals surface area contributed by atoms with Gasteiger partial charge in [0, 0.05) is 12.0 Å². The minimum atomic E-state index is 0.311. The van der Waals surface area contributed by atoms with E-state index in [-0.39, 0.29) is 0 Å². The van der Waals surface area contributed by atoms with Gasteiger partial charge in [-0.3, -0.25) is 4.79 Å². The average Bonchev–Trinajstić information content (AvgIpc) is 2.88. The summed E-state index contributed by atoms with van der Waals surface area (Å²) in [5.41, 5.74) is 0. The number of hydrogen-bond donors (Lipinski definition) is 1. The molecule has 0 heterocycles. The largest absolute Gasteiger partial charge is 0.353 e. The molecule has 2 heteroatoms. The maximum Gasteiger partial charge on any atom is 0.223 e. The van der Waals surface area contributed by atoms with Crippen molar-refractivity contribution >= 4 is 5.91 Å². The van der Waals surface area contributed by atoms with Crippen molar-refractivity contribution in [2.24, 2.45) is 17.8 Å². The van der Waals surface area contributed by atoms with E-state index in [0.29, 0.717) is 29.7 Å². The molecular weight excluding hydrogens is 162 g/mol. The summed E-state index contributed by atoms with van der Waals surface area (Å²) in [5, 5.41) is 3.20. The van der Waals surface area contributed by atoms with E-state index in [1.807, 2.05) is 0 Å². The lowest BCUT2D eigenvalue weighted by molar-refractivity contribution is -0.123. The normalized spacial score (nSPS) is 39.1. The Morgan fingerprint density at radius 1 is 1.08 bits per heavy atom. The summed E-state index contributed by atoms with van der Waals surface area (Å²) in [6, 6.07) is 0.452. The van der Waals surface area contributed by atoms with Gasteiger partial charge in [0.1, 0.15) is 0 Å². The molecule has 74 valence electrons. The molecule has 1 N–H and O–H groups in total. The van der Waals surface area contributed by atoms with Gasteiger partial charge in [-0.05, 0) is 37.5 Å². The fraction of sp³-hybridized carbons (Fsp3) is 0.909. The Labute approximate surface area is 80.1 Å². The molecule has 1 amide bonds. The first kappa shape index (κ1) is 9.04. The Bertz CT molecular complexity index is 200. The molecule has 2 aliphatic rings. The second kappa shape index (κ2) is 3.32. The summed E-state index contributed by atoms with van der Waals surface area (Å²) in [6.45, 7) is 4.50. The summed E-state index contributed by atoms with van der Waals surface area (Å²) < 4.78 is 0. The van der Waals surface area contributed by atoms with Gasteiger partial charge in [-0.1, -0.05) is 13.8 Å². The molecule has 2 aliphatic carbocycles. The minimum absolute atomic E-state index is 0.311. The van der Waals surface area contributed by atoms with E-state index in [0.717, 1.165) is 12.8 Å². The van der Waals surface area contributed by atoms with Gasteiger partial charge >= 0.3 is 0 Å². The quantitative estimate of drug-likeness (QED) is 0.693. The highest BCUT2D eigenvalue weighted by atomic mass is 16.2. The van der Waals surface area contributed by atoms with Gasteiger partial charge in [0.25, 0.3) is 0 Å². The van der Waals surface area contributed by atoms with Crippen molar-refractivity contribution in [3.63, 3.8) is 0 Å². The van der Waals surface area contributed by atoms with Crippen LogP contribution in [-0.2, 0) is 4.79 Å². The highest BCUT2D eigenvalue weighted by Crippen LogP contribution is 2.33. The predicted octanol–water partition coefficient (Wildman–Crippen LogP) is 1.95. The van der Waals surface area contributed by atoms with Gasteiger partial charge in [-0.15, -0.1) is 0 Å². The van der Waals surface area contributed by atoms with Crippen LogP contribution in [0.1, 0.15) is 39.5 Å². The van der Waals surface area contributed by atoms with Gasteiger partial charge in [-0.25, -0.2) is 0 Å². The van der Waals surface area contributed by atoms with Gasteiger partial charge in [0.15, 0.2) is 0 Å². The van der Waals surface area contributed by atoms with E-state index < -0.39 is 0 Å². The number of hydrogen-bond acceptors (Lipinski definition) is 1. The highest BCUT2D eigenvalue weighted by molar-refractivity contribution is 5.81. The van der Waals surface area contributed by atoms with E-state index in [2.05, 4.69) is 19.2 Å². The van der Waals surface area contributed by atoms with Crippen LogP contribution in [0.25, 0.3) is 0 Å². The Morgan fingerprint density at radius 3 is 2.08 bits per heavy atom. The summed E-state index contributed by atoms with van der Waals surface area (Å²) >= 11 is 0. The molecule has 2 fully saturated rings. The molecule has 2 unspecified atom stereocenters. The van der Waals surface area contributed by atoms with Crippen molar-refractivity contribution in [3.8, 4) is 0 Å². The van der Waals surface area contributed by atoms with E-state index in [1.165, 1.54) is 12.8 Å². The van der Waals surface area contributed by atoms with Crippen molar-refractivity contribution in [2.75, 3.05) is 0 Å². The maximum absolute atomic E-state index is 11.5. The number of rotatable bonds is 2. The molecule has 0 aliphatic heterocycles. The van der Waals surface area contributed by atoms with E-state index in [9.17, 15) is 4.79 Å². The average molecular weight is 181 g/mol. The first-order valence-electron chi connectivity index (χ1n) is 5.49. The lowest BCUT2D eigenvalue weighted by Gasteiger charge is -2.21. The Hall–Kier alpha value is -0.530. The van der Waals surface area contributed by atoms with Crippen molar-refractivity contribution in [1.82, 2.24) is 5.32 Å². The van der Waals surface area contributed by atoms with Crippen LogP contribution in [0.3, 0.4) is 0 Å². The van der Waals surface area contributed by atoms with Crippen LogP contribution >= 0.6 is 0 Å². The van der Waals surface area contributed by atoms with Gasteiger partial charge in [0.2, 0.25) is 5.91 Å². The highest BCUT2D eigenvalue weighted by Gasteiger charge is 2.36. The van der Waals surface area contributed by atoms with Crippen LogP contribution in [0.15, 0.2) is 0 Å². The fourth-order valence-electron chi connectivity index (χ4n) is 2.36. The number of carbonyl (C=O) groups is 1. The zero-order valence-electron chi connectivity index (χ0n) is 8.55. The first-order valence-corrected chi connectivity index (χ1v) is 5.49. The van der Waals surface area contributed by atoms with Gasteiger partial charge in [0.05, 0.1) is 0 Å². The molecule has 0 bridgehead atoms. The maximum atomic E-state index is 11.5. The second-order valence-electron chi connectivity index (χ2n) is 4.84. The lowest BCUT2D eigenvalue weighted by atomic mass is 10.0. The topological polar surface area (TPSA) is 29.1 Å². The summed E-state index contributed by atoms with van der Waals surface area (Å²) in [7, 11) is 0. The van der Waals surface area contributed by atoms with Crippen LogP contribution in [0.5, 0.6) is 0 Å². The van der Waals surface area contributed by atoms with Gasteiger partial charge in [-0.2, -0.15) is 0 Å². The summed E-state index contributed by atoms with van der Waals surface area (Å²) in [4.78, 5) is 11.5. The van der Waals surface area contributed by atoms with Crippen molar-refractivity contribution < 1.29 is 4.79 Å². The van der Waals surface area contributed by atoms with Gasteiger partial charge < -0.3 is 5.32 Å². The standard InChI is InChI=1S/C11H19NO/c1-7-3-4-8(2)10(7)12-11(13)9-5-6-9/h7-10H,3-6H2,1-2H3,(H,12,13). The smallest absolute Gasteiger partial charge is 0.223 e. The molecule has 0 radical (unpaired) electrons. The number of amides is 1. The Kier molecular flexibility index (Phi) is 2.31. The number of carbonyl (C=O) groups excluding carboxylic acids is 1. The van der Waals surface area contributed by atoms with Crippen molar-refractivity contribution in [3.05, 3.63) is 0 Å². The molecule has 13 heavy (non-hydrogen) atoms. The molecule has 0 aromatic rings. The fourth-order valence-corrected chi connectivity index (χ4v) is 2.36. The SMILES string of the molecule is CC1CCC(C)C1NC(=O)C1CC1. The van der Waals surface area contributed by atoms with Crippen LogP contribution < -0.4 is 5.32 Å². The zero-order chi connectivity index (χ0) is 9.42. The Balaban J connectivity index is 1.88. The minimum Gasteiger partial charge on any atom is -0.353 e. The van der Waals surface area contributed by atoms with Crippen LogP contribution in [0.4, 0.5) is 0 Å². The van der Waals surface area contributed by atoms with Crippen LogP contribution in [0, 0.1) is 17.8 Å². The molecule has 0 saturated heterocycles. The molecule has 0 aromatic carbocycles. The summed E-state index contributed by atoms with van der Waals surface area (Å²) in [5.74, 6) is 2.03. The van der Waals surface area contributed by atoms with Crippen LogP contribution in [-0.4, -0.2) is 11.9 Å². The second-order valence-corrected chi connectivity index (χ2v) is 4.84. The van der Waals surface area contributed by atoms with E-state index in [1.54, 1.807) is 0 Å². The lowest BCUT2D eigenvalue weighted by Crippen LogP contribution is -2.40. The van der Waals surface area contributed by atoms with Crippen molar-refractivity contribution in [2.45, 2.75) is 45.6 Å². The third-order valence-electron chi connectivity index (χ3n) is 3.56. The van der Waals surface area contributed by atoms with Crippen molar-refractivity contribution in [1.29, 1.82) is 0 Å². The third-order valence-corrected chi connectivity index (χ3v) is 3.56. The molecular formula is C11H19NO. The molecule has 2 nitrogen and oxygen atoms in total. The monoisotopic (exact) mass is 181 g/mol. The van der Waals surface area contributed by atoms with E-state index in [4.69, 9.17) is 0 Å². The molecule has 2 rings (SSSR count). The molecule has 0 spiro atoms.